The molecule has 1 rings (SSSR count). The first kappa shape index (κ1) is 16.7. The second-order valence-corrected chi connectivity index (χ2v) is 4.16. The van der Waals surface area contributed by atoms with Gasteiger partial charge in [-0.1, -0.05) is 0 Å². The van der Waals surface area contributed by atoms with E-state index in [9.17, 15) is 22.8 Å². The van der Waals surface area contributed by atoms with Gasteiger partial charge < -0.3 is 14.7 Å². The second kappa shape index (κ2) is 6.91. The highest BCUT2D eigenvalue weighted by Gasteiger charge is 2.28. The topological polar surface area (TPSA) is 79.7 Å². The molecule has 0 aromatic carbocycles. The maximum absolute atomic E-state index is 12.0. The van der Waals surface area contributed by atoms with Crippen LogP contribution in [-0.4, -0.2) is 53.2 Å². The Morgan fingerprint density at radius 1 is 1.43 bits per heavy atom. The summed E-state index contributed by atoms with van der Waals surface area (Å²) in [5.74, 6) is -1.92. The van der Waals surface area contributed by atoms with E-state index in [1.54, 1.807) is 0 Å². The number of hydrogen-bond donors (Lipinski definition) is 1. The number of halogens is 3. The first-order valence-electron chi connectivity index (χ1n) is 5.82. The fourth-order valence-corrected chi connectivity index (χ4v) is 1.36. The highest BCUT2D eigenvalue weighted by molar-refractivity contribution is 5.94. The van der Waals surface area contributed by atoms with E-state index in [0.29, 0.717) is 0 Å². The Morgan fingerprint density at radius 3 is 2.67 bits per heavy atom. The number of carbonyl (C=O) groups excluding carboxylic acids is 1. The molecule has 0 bridgehead atoms. The average molecular weight is 306 g/mol. The summed E-state index contributed by atoms with van der Waals surface area (Å²) in [5.41, 5.74) is 0.0649. The summed E-state index contributed by atoms with van der Waals surface area (Å²) in [6.07, 6.45) is -3.59. The number of carboxylic acids is 1. The fourth-order valence-electron chi connectivity index (χ4n) is 1.36. The Morgan fingerprint density at radius 2 is 2.10 bits per heavy atom. The van der Waals surface area contributed by atoms with Gasteiger partial charge in [-0.3, -0.25) is 9.59 Å². The van der Waals surface area contributed by atoms with E-state index in [1.165, 1.54) is 13.1 Å². The van der Waals surface area contributed by atoms with Gasteiger partial charge in [-0.05, 0) is 6.07 Å². The van der Waals surface area contributed by atoms with Crippen molar-refractivity contribution in [3.63, 3.8) is 0 Å². The van der Waals surface area contributed by atoms with Gasteiger partial charge in [-0.25, -0.2) is 4.98 Å². The third-order valence-corrected chi connectivity index (χ3v) is 2.37. The van der Waals surface area contributed by atoms with Gasteiger partial charge in [0, 0.05) is 31.4 Å². The lowest BCUT2D eigenvalue weighted by Gasteiger charge is -2.16. The number of aliphatic carboxylic acids is 1. The summed E-state index contributed by atoms with van der Waals surface area (Å²) >= 11 is 0. The number of amides is 1. The Kier molecular flexibility index (Phi) is 5.51. The Labute approximate surface area is 118 Å². The molecule has 1 heterocycles. The van der Waals surface area contributed by atoms with Crippen LogP contribution in [0.4, 0.5) is 13.2 Å². The predicted octanol–water partition coefficient (Wildman–Crippen LogP) is 1.57. The quantitative estimate of drug-likeness (QED) is 0.863. The van der Waals surface area contributed by atoms with Gasteiger partial charge in [0.2, 0.25) is 5.88 Å². The van der Waals surface area contributed by atoms with Crippen molar-refractivity contribution in [2.75, 3.05) is 20.2 Å². The summed E-state index contributed by atoms with van der Waals surface area (Å²) in [6.45, 7) is -1.53. The summed E-state index contributed by atoms with van der Waals surface area (Å²) < 4.78 is 40.5. The number of ether oxygens (including phenoxy) is 1. The van der Waals surface area contributed by atoms with Crippen molar-refractivity contribution in [1.82, 2.24) is 9.88 Å². The van der Waals surface area contributed by atoms with Crippen molar-refractivity contribution in [3.05, 3.63) is 23.9 Å². The summed E-state index contributed by atoms with van der Waals surface area (Å²) in [7, 11) is 1.39. The average Bonchev–Trinajstić information content (AvgIpc) is 2.41. The number of aromatic nitrogens is 1. The maximum Gasteiger partial charge on any atom is 0.422 e. The number of carboxylic acid groups (broad SMARTS) is 1. The summed E-state index contributed by atoms with van der Waals surface area (Å²) in [5, 5.41) is 8.53. The number of hydrogen-bond acceptors (Lipinski definition) is 4. The number of alkyl halides is 3. The van der Waals surface area contributed by atoms with Gasteiger partial charge in [0.15, 0.2) is 6.61 Å². The van der Waals surface area contributed by atoms with Crippen LogP contribution in [-0.2, 0) is 4.79 Å². The second-order valence-electron chi connectivity index (χ2n) is 4.16. The van der Waals surface area contributed by atoms with E-state index in [4.69, 9.17) is 5.11 Å². The molecule has 1 amide bonds. The molecule has 0 radical (unpaired) electrons. The Balaban J connectivity index is 2.70. The van der Waals surface area contributed by atoms with Crippen molar-refractivity contribution in [1.29, 1.82) is 0 Å². The molecule has 0 atom stereocenters. The first-order valence-corrected chi connectivity index (χ1v) is 5.82. The molecule has 9 heteroatoms. The van der Waals surface area contributed by atoms with Gasteiger partial charge in [0.05, 0.1) is 6.42 Å². The Bertz CT molecular complexity index is 519. The third-order valence-electron chi connectivity index (χ3n) is 2.37. The number of rotatable bonds is 6. The van der Waals surface area contributed by atoms with E-state index in [0.717, 1.165) is 17.2 Å². The first-order chi connectivity index (χ1) is 9.69. The zero-order valence-corrected chi connectivity index (χ0v) is 11.1. The lowest BCUT2D eigenvalue weighted by Crippen LogP contribution is -2.29. The molecule has 21 heavy (non-hydrogen) atoms. The number of nitrogens with zero attached hydrogens (tertiary/aromatic N) is 2. The molecule has 0 spiro atoms. The molecule has 0 aliphatic carbocycles. The maximum atomic E-state index is 12.0. The number of carbonyl (C=O) groups is 2. The van der Waals surface area contributed by atoms with Crippen molar-refractivity contribution in [2.45, 2.75) is 12.6 Å². The molecule has 0 unspecified atom stereocenters. The monoisotopic (exact) mass is 306 g/mol. The molecule has 0 aliphatic heterocycles. The minimum atomic E-state index is -4.50. The summed E-state index contributed by atoms with van der Waals surface area (Å²) in [6, 6.07) is 2.38. The minimum Gasteiger partial charge on any atom is -0.481 e. The van der Waals surface area contributed by atoms with Crippen molar-refractivity contribution < 1.29 is 32.6 Å². The molecular weight excluding hydrogens is 293 g/mol. The summed E-state index contributed by atoms with van der Waals surface area (Å²) in [4.78, 5) is 27.1. The molecular formula is C12H13F3N2O4. The molecule has 116 valence electrons. The molecule has 0 fully saturated rings. The van der Waals surface area contributed by atoms with E-state index in [-0.39, 0.29) is 24.4 Å². The standard InChI is InChI=1S/C12H13F3N2O4/c1-17(5-3-10(18)19)11(20)8-2-4-16-9(6-8)21-7-12(13,14)15/h2,4,6H,3,5,7H2,1H3,(H,18,19). The highest BCUT2D eigenvalue weighted by Crippen LogP contribution is 2.18. The van der Waals surface area contributed by atoms with Crippen LogP contribution in [0.2, 0.25) is 0 Å². The van der Waals surface area contributed by atoms with Gasteiger partial charge in [-0.2, -0.15) is 13.2 Å². The van der Waals surface area contributed by atoms with Gasteiger partial charge in [-0.15, -0.1) is 0 Å². The van der Waals surface area contributed by atoms with Gasteiger partial charge >= 0.3 is 12.1 Å². The molecule has 1 aromatic rings. The largest absolute Gasteiger partial charge is 0.481 e. The van der Waals surface area contributed by atoms with E-state index in [1.807, 2.05) is 0 Å². The van der Waals surface area contributed by atoms with Gasteiger partial charge in [0.25, 0.3) is 5.91 Å². The predicted molar refractivity (Wildman–Crippen MR) is 65.0 cm³/mol. The van der Waals surface area contributed by atoms with Crippen LogP contribution in [0.1, 0.15) is 16.8 Å². The van der Waals surface area contributed by atoms with Crippen LogP contribution in [0.15, 0.2) is 18.3 Å². The lowest BCUT2D eigenvalue weighted by atomic mass is 10.2. The molecule has 6 nitrogen and oxygen atoms in total. The van der Waals surface area contributed by atoms with Crippen LogP contribution in [0.25, 0.3) is 0 Å². The molecule has 0 aliphatic rings. The van der Waals surface area contributed by atoms with Crippen LogP contribution in [0.3, 0.4) is 0 Å². The van der Waals surface area contributed by atoms with Crippen molar-refractivity contribution >= 4 is 11.9 Å². The third kappa shape index (κ3) is 6.11. The fraction of sp³-hybridized carbons (Fsp3) is 0.417. The van der Waals surface area contributed by atoms with Crippen molar-refractivity contribution in [2.24, 2.45) is 0 Å². The zero-order chi connectivity index (χ0) is 16.0. The SMILES string of the molecule is CN(CCC(=O)O)C(=O)c1ccnc(OCC(F)(F)F)c1. The molecule has 0 saturated carbocycles. The van der Waals surface area contributed by atoms with E-state index in [2.05, 4.69) is 9.72 Å². The van der Waals surface area contributed by atoms with Crippen LogP contribution >= 0.6 is 0 Å². The lowest BCUT2D eigenvalue weighted by molar-refractivity contribution is -0.154. The smallest absolute Gasteiger partial charge is 0.422 e. The normalized spacial score (nSPS) is 11.0. The van der Waals surface area contributed by atoms with Gasteiger partial charge in [0.1, 0.15) is 0 Å². The van der Waals surface area contributed by atoms with Crippen molar-refractivity contribution in [3.8, 4) is 5.88 Å². The van der Waals surface area contributed by atoms with E-state index >= 15 is 0 Å². The highest BCUT2D eigenvalue weighted by atomic mass is 19.4. The Hall–Kier alpha value is -2.32. The van der Waals surface area contributed by atoms with Crippen LogP contribution < -0.4 is 4.74 Å². The van der Waals surface area contributed by atoms with Crippen LogP contribution in [0, 0.1) is 0 Å². The van der Waals surface area contributed by atoms with E-state index < -0.39 is 24.7 Å². The van der Waals surface area contributed by atoms with Crippen LogP contribution in [0.5, 0.6) is 5.88 Å². The molecule has 1 aromatic heterocycles. The molecule has 0 saturated heterocycles. The number of pyridine rings is 1. The minimum absolute atomic E-state index is 0.0186. The zero-order valence-electron chi connectivity index (χ0n) is 11.1. The molecule has 1 N–H and O–H groups in total.